The third-order valence-electron chi connectivity index (χ3n) is 3.88. The molecule has 0 radical (unpaired) electrons. The van der Waals surface area contributed by atoms with Crippen molar-refractivity contribution in [2.75, 3.05) is 32.7 Å². The number of carbonyl (C=O) groups excluding carboxylic acids is 1. The minimum absolute atomic E-state index is 0.110. The highest BCUT2D eigenvalue weighted by Crippen LogP contribution is 2.29. The molecule has 0 bridgehead atoms. The number of nitriles is 1. The van der Waals surface area contributed by atoms with Crippen LogP contribution in [0.25, 0.3) is 0 Å². The van der Waals surface area contributed by atoms with Crippen LogP contribution < -0.4 is 0 Å². The second-order valence-corrected chi connectivity index (χ2v) is 6.14. The first-order valence-electron chi connectivity index (χ1n) is 7.61. The molecular formula is C15H25N3O2. The van der Waals surface area contributed by atoms with Crippen molar-refractivity contribution in [2.45, 2.75) is 45.3 Å². The van der Waals surface area contributed by atoms with Gasteiger partial charge in [-0.05, 0) is 32.6 Å². The van der Waals surface area contributed by atoms with Gasteiger partial charge in [0.25, 0.3) is 0 Å². The quantitative estimate of drug-likeness (QED) is 0.734. The van der Waals surface area contributed by atoms with Gasteiger partial charge in [-0.2, -0.15) is 5.26 Å². The third kappa shape index (κ3) is 4.77. The summed E-state index contributed by atoms with van der Waals surface area (Å²) < 4.78 is 5.66. The minimum atomic E-state index is 0.110. The maximum atomic E-state index is 12.4. The summed E-state index contributed by atoms with van der Waals surface area (Å²) in [5.74, 6) is 0.912. The van der Waals surface area contributed by atoms with E-state index in [1.165, 1.54) is 12.8 Å². The lowest BCUT2D eigenvalue weighted by atomic mass is 10.2. The summed E-state index contributed by atoms with van der Waals surface area (Å²) in [5.41, 5.74) is 0. The maximum Gasteiger partial charge on any atom is 0.236 e. The van der Waals surface area contributed by atoms with Gasteiger partial charge in [-0.1, -0.05) is 0 Å². The van der Waals surface area contributed by atoms with Gasteiger partial charge in [0.2, 0.25) is 5.91 Å². The molecule has 0 N–H and O–H groups in total. The number of hydrogen-bond donors (Lipinski definition) is 0. The van der Waals surface area contributed by atoms with Crippen molar-refractivity contribution in [3.05, 3.63) is 0 Å². The molecule has 2 fully saturated rings. The van der Waals surface area contributed by atoms with E-state index >= 15 is 0 Å². The number of nitrogens with zero attached hydrogens (tertiary/aromatic N) is 3. The molecule has 1 heterocycles. The summed E-state index contributed by atoms with van der Waals surface area (Å²) >= 11 is 0. The Kier molecular flexibility index (Phi) is 5.38. The molecule has 0 aromatic rings. The van der Waals surface area contributed by atoms with Crippen molar-refractivity contribution in [3.63, 3.8) is 0 Å². The molecule has 0 aromatic carbocycles. The van der Waals surface area contributed by atoms with Gasteiger partial charge in [0.1, 0.15) is 0 Å². The van der Waals surface area contributed by atoms with E-state index in [9.17, 15) is 4.79 Å². The molecule has 2 rings (SSSR count). The molecule has 0 aromatic heterocycles. The van der Waals surface area contributed by atoms with E-state index in [1.807, 2.05) is 18.7 Å². The van der Waals surface area contributed by atoms with E-state index in [1.54, 1.807) is 0 Å². The Bertz CT molecular complexity index is 366. The van der Waals surface area contributed by atoms with Crippen molar-refractivity contribution in [1.29, 1.82) is 5.26 Å². The Morgan fingerprint density at radius 1 is 1.35 bits per heavy atom. The highest BCUT2D eigenvalue weighted by molar-refractivity contribution is 5.78. The monoisotopic (exact) mass is 279 g/mol. The zero-order valence-electron chi connectivity index (χ0n) is 12.5. The molecule has 112 valence electrons. The minimum Gasteiger partial charge on any atom is -0.372 e. The number of ether oxygens (including phenoxy) is 1. The average molecular weight is 279 g/mol. The van der Waals surface area contributed by atoms with Gasteiger partial charge in [0.15, 0.2) is 0 Å². The number of carbonyl (C=O) groups is 1. The second kappa shape index (κ2) is 7.05. The van der Waals surface area contributed by atoms with Crippen LogP contribution in [0.5, 0.6) is 0 Å². The fourth-order valence-corrected chi connectivity index (χ4v) is 2.78. The molecule has 5 nitrogen and oxygen atoms in total. The smallest absolute Gasteiger partial charge is 0.236 e. The third-order valence-corrected chi connectivity index (χ3v) is 3.88. The van der Waals surface area contributed by atoms with E-state index in [4.69, 9.17) is 10.00 Å². The van der Waals surface area contributed by atoms with E-state index in [-0.39, 0.29) is 18.1 Å². The van der Waals surface area contributed by atoms with Crippen LogP contribution >= 0.6 is 0 Å². The lowest BCUT2D eigenvalue weighted by molar-refractivity contribution is -0.144. The second-order valence-electron chi connectivity index (χ2n) is 6.14. The molecule has 0 spiro atoms. The highest BCUT2D eigenvalue weighted by Gasteiger charge is 2.29. The van der Waals surface area contributed by atoms with Crippen molar-refractivity contribution >= 4 is 5.91 Å². The van der Waals surface area contributed by atoms with Crippen LogP contribution in [0.4, 0.5) is 0 Å². The summed E-state index contributed by atoms with van der Waals surface area (Å²) in [6.07, 6.45) is 3.25. The fourth-order valence-electron chi connectivity index (χ4n) is 2.78. The number of hydrogen-bond acceptors (Lipinski definition) is 4. The van der Waals surface area contributed by atoms with Crippen molar-refractivity contribution in [3.8, 4) is 6.07 Å². The molecule has 5 heteroatoms. The van der Waals surface area contributed by atoms with Crippen molar-refractivity contribution in [1.82, 2.24) is 9.80 Å². The summed E-state index contributed by atoms with van der Waals surface area (Å²) in [6, 6.07) is 2.17. The van der Waals surface area contributed by atoms with Gasteiger partial charge in [-0.25, -0.2) is 0 Å². The van der Waals surface area contributed by atoms with Crippen LogP contribution in [0.15, 0.2) is 0 Å². The first-order valence-corrected chi connectivity index (χ1v) is 7.61. The van der Waals surface area contributed by atoms with E-state index in [0.717, 1.165) is 12.5 Å². The van der Waals surface area contributed by atoms with Crippen LogP contribution in [0.3, 0.4) is 0 Å². The maximum absolute atomic E-state index is 12.4. The Balaban J connectivity index is 1.84. The predicted octanol–water partition coefficient (Wildman–Crippen LogP) is 1.25. The Morgan fingerprint density at radius 2 is 2.00 bits per heavy atom. The molecule has 0 unspecified atom stereocenters. The molecule has 1 aliphatic heterocycles. The zero-order valence-corrected chi connectivity index (χ0v) is 12.5. The van der Waals surface area contributed by atoms with E-state index < -0.39 is 0 Å². The van der Waals surface area contributed by atoms with Crippen LogP contribution in [0.2, 0.25) is 0 Å². The SMILES string of the molecule is C[C@@H]1CN(C(=O)CN(CCC#N)CC2CC2)C[C@@H](C)O1. The summed E-state index contributed by atoms with van der Waals surface area (Å²) in [7, 11) is 0. The van der Waals surface area contributed by atoms with Gasteiger partial charge in [0.05, 0.1) is 24.8 Å². The summed E-state index contributed by atoms with van der Waals surface area (Å²) in [6.45, 7) is 7.48. The largest absolute Gasteiger partial charge is 0.372 e. The first kappa shape index (κ1) is 15.3. The van der Waals surface area contributed by atoms with Gasteiger partial charge in [-0.15, -0.1) is 0 Å². The predicted molar refractivity (Wildman–Crippen MR) is 76.0 cm³/mol. The van der Waals surface area contributed by atoms with Crippen LogP contribution in [0, 0.1) is 17.2 Å². The fraction of sp³-hybridized carbons (Fsp3) is 0.867. The standard InChI is InChI=1S/C15H25N3O2/c1-12-8-18(9-13(2)20-12)15(19)11-17(7-3-6-16)10-14-4-5-14/h12-14H,3-5,7-11H2,1-2H3/t12-,13-/m1/s1. The Hall–Kier alpha value is -1.12. The number of morpholine rings is 1. The molecule has 1 aliphatic carbocycles. The molecule has 1 saturated heterocycles. The molecule has 1 amide bonds. The topological polar surface area (TPSA) is 56.6 Å². The molecule has 20 heavy (non-hydrogen) atoms. The molecule has 1 saturated carbocycles. The van der Waals surface area contributed by atoms with E-state index in [0.29, 0.717) is 32.6 Å². The lowest BCUT2D eigenvalue weighted by Gasteiger charge is -2.36. The van der Waals surface area contributed by atoms with Gasteiger partial charge in [0, 0.05) is 32.6 Å². The molecule has 2 aliphatic rings. The number of rotatable bonds is 6. The van der Waals surface area contributed by atoms with Crippen LogP contribution in [-0.4, -0.2) is 60.6 Å². The average Bonchev–Trinajstić information content (AvgIpc) is 3.18. The van der Waals surface area contributed by atoms with Gasteiger partial charge >= 0.3 is 0 Å². The first-order chi connectivity index (χ1) is 9.58. The summed E-state index contributed by atoms with van der Waals surface area (Å²) in [4.78, 5) is 16.5. The molecular weight excluding hydrogens is 254 g/mol. The molecule has 2 atom stereocenters. The Morgan fingerprint density at radius 3 is 2.55 bits per heavy atom. The Labute approximate surface area is 121 Å². The summed E-state index contributed by atoms with van der Waals surface area (Å²) in [5, 5.41) is 8.73. The van der Waals surface area contributed by atoms with Gasteiger partial charge in [-0.3, -0.25) is 9.69 Å². The van der Waals surface area contributed by atoms with Gasteiger partial charge < -0.3 is 9.64 Å². The lowest BCUT2D eigenvalue weighted by Crippen LogP contribution is -2.51. The highest BCUT2D eigenvalue weighted by atomic mass is 16.5. The zero-order chi connectivity index (χ0) is 14.5. The van der Waals surface area contributed by atoms with Crippen LogP contribution in [-0.2, 0) is 9.53 Å². The van der Waals surface area contributed by atoms with Crippen molar-refractivity contribution in [2.24, 2.45) is 5.92 Å². The van der Waals surface area contributed by atoms with Crippen molar-refractivity contribution < 1.29 is 9.53 Å². The van der Waals surface area contributed by atoms with Crippen LogP contribution in [0.1, 0.15) is 33.1 Å². The van der Waals surface area contributed by atoms with E-state index in [2.05, 4.69) is 11.0 Å². The normalized spacial score (nSPS) is 26.6. The number of amides is 1.